The molecule has 1 amide bonds. The highest BCUT2D eigenvalue weighted by atomic mass is 32.2. The van der Waals surface area contributed by atoms with Crippen LogP contribution in [-0.2, 0) is 10.2 Å². The molecule has 11 nitrogen and oxygen atoms in total. The number of fused-ring (bicyclic) bond motifs is 1. The molecular weight excluding hydrogens is 532 g/mol. The quantitative estimate of drug-likeness (QED) is 0.470. The SMILES string of the molecule is CN1c2cc(-c3ccc(C#N)c(N4CCN(C(=O)c5ccon5)CC4)n3)ccc2N(CC2CC2(F)F)S1(=O)=O. The van der Waals surface area contributed by atoms with Crippen molar-refractivity contribution in [1.29, 1.82) is 5.26 Å². The van der Waals surface area contributed by atoms with Gasteiger partial charge in [0.25, 0.3) is 11.8 Å². The third kappa shape index (κ3) is 4.22. The summed E-state index contributed by atoms with van der Waals surface area (Å²) >= 11 is 0. The van der Waals surface area contributed by atoms with Crippen LogP contribution in [0.15, 0.2) is 47.2 Å². The molecule has 1 unspecified atom stereocenters. The second-order valence-corrected chi connectivity index (χ2v) is 11.6. The first-order valence-corrected chi connectivity index (χ1v) is 13.6. The van der Waals surface area contributed by atoms with Gasteiger partial charge in [-0.2, -0.15) is 13.7 Å². The number of alkyl halides is 2. The van der Waals surface area contributed by atoms with Gasteiger partial charge in [0.1, 0.15) is 18.2 Å². The minimum Gasteiger partial charge on any atom is -0.364 e. The lowest BCUT2D eigenvalue weighted by atomic mass is 10.1. The van der Waals surface area contributed by atoms with Gasteiger partial charge >= 0.3 is 10.2 Å². The van der Waals surface area contributed by atoms with Crippen LogP contribution in [0.25, 0.3) is 11.3 Å². The maximum absolute atomic E-state index is 13.5. The number of piperazine rings is 1. The van der Waals surface area contributed by atoms with Crippen LogP contribution in [0.2, 0.25) is 0 Å². The highest BCUT2D eigenvalue weighted by molar-refractivity contribution is 7.94. The van der Waals surface area contributed by atoms with E-state index in [1.165, 1.54) is 19.4 Å². The maximum Gasteiger partial charge on any atom is 0.326 e. The lowest BCUT2D eigenvalue weighted by Gasteiger charge is -2.35. The zero-order valence-electron chi connectivity index (χ0n) is 20.8. The third-order valence-electron chi connectivity index (χ3n) is 7.36. The summed E-state index contributed by atoms with van der Waals surface area (Å²) in [5, 5.41) is 13.4. The van der Waals surface area contributed by atoms with Crippen molar-refractivity contribution >= 4 is 33.3 Å². The molecule has 0 bridgehead atoms. The zero-order chi connectivity index (χ0) is 27.5. The summed E-state index contributed by atoms with van der Waals surface area (Å²) in [5.41, 5.74) is 2.43. The Morgan fingerprint density at radius 1 is 1.15 bits per heavy atom. The molecule has 39 heavy (non-hydrogen) atoms. The van der Waals surface area contributed by atoms with Crippen molar-refractivity contribution in [2.45, 2.75) is 12.3 Å². The summed E-state index contributed by atoms with van der Waals surface area (Å²) in [6, 6.07) is 11.9. The van der Waals surface area contributed by atoms with E-state index in [2.05, 4.69) is 11.2 Å². The Labute approximate surface area is 223 Å². The second-order valence-electron chi connectivity index (χ2n) is 9.72. The van der Waals surface area contributed by atoms with Gasteiger partial charge in [-0.1, -0.05) is 11.2 Å². The molecule has 4 heterocycles. The number of halogens is 2. The number of carbonyl (C=O) groups is 1. The van der Waals surface area contributed by atoms with Crippen LogP contribution in [0, 0.1) is 17.2 Å². The first kappa shape index (κ1) is 25.1. The molecule has 1 aromatic carbocycles. The Kier molecular flexibility index (Phi) is 5.72. The third-order valence-corrected chi connectivity index (χ3v) is 9.16. The van der Waals surface area contributed by atoms with Crippen molar-refractivity contribution < 1.29 is 26.5 Å². The van der Waals surface area contributed by atoms with Crippen LogP contribution in [0.1, 0.15) is 22.5 Å². The van der Waals surface area contributed by atoms with Crippen LogP contribution in [0.4, 0.5) is 26.0 Å². The van der Waals surface area contributed by atoms with Crippen molar-refractivity contribution in [3.8, 4) is 17.3 Å². The van der Waals surface area contributed by atoms with Gasteiger partial charge in [0.05, 0.1) is 22.6 Å². The van der Waals surface area contributed by atoms with E-state index in [9.17, 15) is 27.3 Å². The summed E-state index contributed by atoms with van der Waals surface area (Å²) in [5.74, 6) is -3.61. The summed E-state index contributed by atoms with van der Waals surface area (Å²) in [7, 11) is -2.59. The van der Waals surface area contributed by atoms with Gasteiger partial charge in [-0.05, 0) is 24.3 Å². The van der Waals surface area contributed by atoms with E-state index in [0.29, 0.717) is 60.2 Å². The van der Waals surface area contributed by atoms with E-state index in [-0.39, 0.29) is 24.6 Å². The Morgan fingerprint density at radius 2 is 1.90 bits per heavy atom. The average Bonchev–Trinajstić information content (AvgIpc) is 3.24. The normalized spacial score (nSPS) is 21.0. The van der Waals surface area contributed by atoms with E-state index in [0.717, 1.165) is 8.61 Å². The molecule has 0 N–H and O–H groups in total. The first-order chi connectivity index (χ1) is 18.6. The van der Waals surface area contributed by atoms with Crippen LogP contribution in [0.5, 0.6) is 0 Å². The van der Waals surface area contributed by atoms with E-state index in [1.807, 2.05) is 4.90 Å². The number of nitriles is 1. The first-order valence-electron chi connectivity index (χ1n) is 12.2. The number of benzene rings is 1. The standard InChI is InChI=1S/C25H23F2N7O4S/c1-31-22-12-16(3-5-21(22)34(39(31,36)37)15-18-13-25(18,26)27)19-4-2-17(14-28)23(29-19)32-7-9-33(10-8-32)24(35)20-6-11-38-30-20/h2-6,11-12,18H,7-10,13,15H2,1H3. The molecule has 3 aromatic rings. The van der Waals surface area contributed by atoms with E-state index < -0.39 is 22.0 Å². The predicted molar refractivity (Wildman–Crippen MR) is 137 cm³/mol. The van der Waals surface area contributed by atoms with E-state index in [1.54, 1.807) is 35.2 Å². The summed E-state index contributed by atoms with van der Waals surface area (Å²) in [6.07, 6.45) is 1.02. The van der Waals surface area contributed by atoms with Crippen molar-refractivity contribution in [1.82, 2.24) is 15.0 Å². The topological polar surface area (TPSA) is 127 Å². The van der Waals surface area contributed by atoms with Crippen LogP contribution in [-0.4, -0.2) is 75.1 Å². The molecule has 1 atom stereocenters. The lowest BCUT2D eigenvalue weighted by molar-refractivity contribution is 0.0736. The summed E-state index contributed by atoms with van der Waals surface area (Å²) in [6.45, 7) is 1.41. The number of carbonyl (C=O) groups excluding carboxylic acids is 1. The Hall–Kier alpha value is -4.25. The fourth-order valence-electron chi connectivity index (χ4n) is 4.95. The smallest absolute Gasteiger partial charge is 0.326 e. The van der Waals surface area contributed by atoms with E-state index >= 15 is 0 Å². The molecule has 1 saturated carbocycles. The number of pyridine rings is 1. The molecule has 14 heteroatoms. The molecule has 2 fully saturated rings. The minimum atomic E-state index is -3.97. The zero-order valence-corrected chi connectivity index (χ0v) is 21.6. The van der Waals surface area contributed by atoms with Gasteiger partial charge in [0, 0.05) is 63.7 Å². The molecule has 3 aliphatic rings. The number of nitrogens with zero attached hydrogens (tertiary/aromatic N) is 7. The Balaban J connectivity index is 1.25. The number of aromatic nitrogens is 2. The second kappa shape index (κ2) is 8.91. The number of hydrogen-bond acceptors (Lipinski definition) is 8. The average molecular weight is 556 g/mol. The number of hydrogen-bond donors (Lipinski definition) is 0. The van der Waals surface area contributed by atoms with Crippen molar-refractivity contribution in [3.63, 3.8) is 0 Å². The van der Waals surface area contributed by atoms with Crippen LogP contribution >= 0.6 is 0 Å². The molecule has 2 aliphatic heterocycles. The Bertz CT molecular complexity index is 1600. The highest BCUT2D eigenvalue weighted by Gasteiger charge is 2.59. The molecule has 1 saturated heterocycles. The van der Waals surface area contributed by atoms with Gasteiger partial charge in [0.2, 0.25) is 0 Å². The van der Waals surface area contributed by atoms with Crippen LogP contribution in [0.3, 0.4) is 0 Å². The van der Waals surface area contributed by atoms with Crippen molar-refractivity contribution in [2.75, 3.05) is 53.3 Å². The van der Waals surface area contributed by atoms with Gasteiger partial charge in [-0.15, -0.1) is 0 Å². The van der Waals surface area contributed by atoms with Gasteiger partial charge in [-0.3, -0.25) is 13.4 Å². The number of rotatable bonds is 5. The molecule has 1 aliphatic carbocycles. The van der Waals surface area contributed by atoms with Crippen molar-refractivity contribution in [2.24, 2.45) is 5.92 Å². The predicted octanol–water partition coefficient (Wildman–Crippen LogP) is 2.73. The van der Waals surface area contributed by atoms with Gasteiger partial charge in [0.15, 0.2) is 5.69 Å². The summed E-state index contributed by atoms with van der Waals surface area (Å²) in [4.78, 5) is 20.9. The van der Waals surface area contributed by atoms with Crippen LogP contribution < -0.4 is 13.5 Å². The molecular formula is C25H23F2N7O4S. The summed E-state index contributed by atoms with van der Waals surface area (Å²) < 4.78 is 59.9. The van der Waals surface area contributed by atoms with Crippen molar-refractivity contribution in [3.05, 3.63) is 53.9 Å². The van der Waals surface area contributed by atoms with Gasteiger partial charge in [-0.25, -0.2) is 13.8 Å². The number of anilines is 3. The van der Waals surface area contributed by atoms with Gasteiger partial charge < -0.3 is 14.3 Å². The molecule has 202 valence electrons. The minimum absolute atomic E-state index is 0.231. The molecule has 0 spiro atoms. The highest BCUT2D eigenvalue weighted by Crippen LogP contribution is 2.51. The number of amides is 1. The molecule has 6 rings (SSSR count). The monoisotopic (exact) mass is 555 g/mol. The largest absolute Gasteiger partial charge is 0.364 e. The molecule has 2 aromatic heterocycles. The fourth-order valence-corrected chi connectivity index (χ4v) is 6.41. The fraction of sp³-hybridized carbons (Fsp3) is 0.360. The maximum atomic E-state index is 13.5. The molecule has 0 radical (unpaired) electrons. The lowest BCUT2D eigenvalue weighted by Crippen LogP contribution is -2.49. The van der Waals surface area contributed by atoms with E-state index in [4.69, 9.17) is 9.51 Å². The Morgan fingerprint density at radius 3 is 2.54 bits per heavy atom.